The molecule has 1 heterocycles. The minimum atomic E-state index is -0.511. The standard InChI is InChI=1S/C15H14BrN3O3S/c1-2-5-23-12-3-4-14(19(21)22)13(7-12)18-15(20)10-6-11(16)9-17-8-10/h3-4,6-9H,2,5H2,1H3,(H,18,20). The summed E-state index contributed by atoms with van der Waals surface area (Å²) in [5.41, 5.74) is 0.364. The third-order valence-electron chi connectivity index (χ3n) is 2.85. The number of nitrogens with one attached hydrogen (secondary N) is 1. The fourth-order valence-electron chi connectivity index (χ4n) is 1.81. The van der Waals surface area contributed by atoms with Crippen molar-refractivity contribution in [3.05, 3.63) is 56.8 Å². The monoisotopic (exact) mass is 395 g/mol. The Morgan fingerprint density at radius 3 is 2.83 bits per heavy atom. The SMILES string of the molecule is CCCSc1ccc([N+](=O)[O-])c(NC(=O)c2cncc(Br)c2)c1. The number of rotatable bonds is 6. The van der Waals surface area contributed by atoms with E-state index in [9.17, 15) is 14.9 Å². The Labute approximate surface area is 146 Å². The topological polar surface area (TPSA) is 85.1 Å². The first-order chi connectivity index (χ1) is 11.0. The number of carbonyl (C=O) groups excluding carboxylic acids is 1. The zero-order valence-electron chi connectivity index (χ0n) is 12.3. The van der Waals surface area contributed by atoms with Gasteiger partial charge in [0.15, 0.2) is 0 Å². The minimum absolute atomic E-state index is 0.137. The van der Waals surface area contributed by atoms with Gasteiger partial charge < -0.3 is 5.32 Å². The van der Waals surface area contributed by atoms with Crippen LogP contribution in [0.15, 0.2) is 46.0 Å². The van der Waals surface area contributed by atoms with E-state index in [-0.39, 0.29) is 11.4 Å². The van der Waals surface area contributed by atoms with Crippen molar-refractivity contribution in [3.8, 4) is 0 Å². The quantitative estimate of drug-likeness (QED) is 0.441. The lowest BCUT2D eigenvalue weighted by molar-refractivity contribution is -0.384. The molecule has 0 spiro atoms. The molecule has 0 unspecified atom stereocenters. The number of halogens is 1. The summed E-state index contributed by atoms with van der Waals surface area (Å²) < 4.78 is 0.659. The molecule has 2 rings (SSSR count). The van der Waals surface area contributed by atoms with Gasteiger partial charge in [-0.1, -0.05) is 6.92 Å². The van der Waals surface area contributed by atoms with Crippen molar-refractivity contribution in [3.63, 3.8) is 0 Å². The van der Waals surface area contributed by atoms with Crippen molar-refractivity contribution in [2.45, 2.75) is 18.2 Å². The number of thioether (sulfide) groups is 1. The number of nitro groups is 1. The van der Waals surface area contributed by atoms with E-state index in [2.05, 4.69) is 33.2 Å². The molecule has 2 aromatic rings. The van der Waals surface area contributed by atoms with Crippen LogP contribution < -0.4 is 5.32 Å². The van der Waals surface area contributed by atoms with Crippen molar-refractivity contribution in [1.29, 1.82) is 0 Å². The molecule has 0 bridgehead atoms. The summed E-state index contributed by atoms with van der Waals surface area (Å²) in [7, 11) is 0. The lowest BCUT2D eigenvalue weighted by Crippen LogP contribution is -2.13. The van der Waals surface area contributed by atoms with Crippen molar-refractivity contribution >= 4 is 45.0 Å². The summed E-state index contributed by atoms with van der Waals surface area (Å²) in [5, 5.41) is 13.7. The maximum Gasteiger partial charge on any atom is 0.292 e. The first-order valence-corrected chi connectivity index (χ1v) is 8.62. The van der Waals surface area contributed by atoms with Crippen LogP contribution in [0.4, 0.5) is 11.4 Å². The molecule has 23 heavy (non-hydrogen) atoms. The smallest absolute Gasteiger partial charge is 0.292 e. The Morgan fingerprint density at radius 2 is 2.17 bits per heavy atom. The zero-order valence-corrected chi connectivity index (χ0v) is 14.7. The third-order valence-corrected chi connectivity index (χ3v) is 4.49. The molecule has 6 nitrogen and oxygen atoms in total. The molecule has 1 aromatic heterocycles. The van der Waals surface area contributed by atoms with Crippen LogP contribution in [-0.2, 0) is 0 Å². The number of benzene rings is 1. The van der Waals surface area contributed by atoms with E-state index in [1.807, 2.05) is 0 Å². The van der Waals surface area contributed by atoms with Crippen LogP contribution in [0.1, 0.15) is 23.7 Å². The van der Waals surface area contributed by atoms with Gasteiger partial charge in [-0.3, -0.25) is 19.9 Å². The number of hydrogen-bond donors (Lipinski definition) is 1. The van der Waals surface area contributed by atoms with E-state index in [1.54, 1.807) is 36.2 Å². The number of anilines is 1. The molecular formula is C15H14BrN3O3S. The maximum absolute atomic E-state index is 12.3. The van der Waals surface area contributed by atoms with E-state index in [4.69, 9.17) is 0 Å². The van der Waals surface area contributed by atoms with Gasteiger partial charge in [0.05, 0.1) is 10.5 Å². The normalized spacial score (nSPS) is 10.3. The number of nitrogens with zero attached hydrogens (tertiary/aromatic N) is 2. The molecule has 8 heteroatoms. The molecule has 1 aromatic carbocycles. The summed E-state index contributed by atoms with van der Waals surface area (Å²) in [4.78, 5) is 27.7. The summed E-state index contributed by atoms with van der Waals surface area (Å²) in [6, 6.07) is 6.33. The average molecular weight is 396 g/mol. The maximum atomic E-state index is 12.3. The first-order valence-electron chi connectivity index (χ1n) is 6.84. The van der Waals surface area contributed by atoms with E-state index in [1.165, 1.54) is 12.3 Å². The molecule has 0 saturated heterocycles. The molecule has 0 radical (unpaired) electrons. The second-order valence-electron chi connectivity index (χ2n) is 4.63. The molecule has 0 atom stereocenters. The number of hydrogen-bond acceptors (Lipinski definition) is 5. The Hall–Kier alpha value is -1.93. The molecule has 0 saturated carbocycles. The van der Waals surface area contributed by atoms with Gasteiger partial charge >= 0.3 is 0 Å². The highest BCUT2D eigenvalue weighted by Crippen LogP contribution is 2.30. The van der Waals surface area contributed by atoms with Crippen molar-refractivity contribution in [2.24, 2.45) is 0 Å². The zero-order chi connectivity index (χ0) is 16.8. The lowest BCUT2D eigenvalue weighted by Gasteiger charge is -2.08. The molecular weight excluding hydrogens is 382 g/mol. The van der Waals surface area contributed by atoms with Gasteiger partial charge in [0, 0.05) is 27.8 Å². The molecule has 1 amide bonds. The predicted molar refractivity (Wildman–Crippen MR) is 94.0 cm³/mol. The Morgan fingerprint density at radius 1 is 1.39 bits per heavy atom. The molecule has 0 fully saturated rings. The number of pyridine rings is 1. The van der Waals surface area contributed by atoms with Crippen LogP contribution in [-0.4, -0.2) is 21.6 Å². The van der Waals surface area contributed by atoms with E-state index in [0.29, 0.717) is 10.0 Å². The van der Waals surface area contributed by atoms with E-state index in [0.717, 1.165) is 17.1 Å². The van der Waals surface area contributed by atoms with Crippen LogP contribution >= 0.6 is 27.7 Å². The Balaban J connectivity index is 2.28. The van der Waals surface area contributed by atoms with Crippen LogP contribution in [0, 0.1) is 10.1 Å². The van der Waals surface area contributed by atoms with Crippen LogP contribution in [0.2, 0.25) is 0 Å². The highest BCUT2D eigenvalue weighted by Gasteiger charge is 2.17. The largest absolute Gasteiger partial charge is 0.316 e. The Bertz CT molecular complexity index is 740. The molecule has 120 valence electrons. The lowest BCUT2D eigenvalue weighted by atomic mass is 10.2. The molecule has 0 aliphatic carbocycles. The number of carbonyl (C=O) groups is 1. The van der Waals surface area contributed by atoms with Crippen LogP contribution in [0.3, 0.4) is 0 Å². The minimum Gasteiger partial charge on any atom is -0.316 e. The summed E-state index contributed by atoms with van der Waals surface area (Å²) in [6.07, 6.45) is 3.95. The van der Waals surface area contributed by atoms with E-state index >= 15 is 0 Å². The fraction of sp³-hybridized carbons (Fsp3) is 0.200. The highest BCUT2D eigenvalue weighted by molar-refractivity contribution is 9.10. The van der Waals surface area contributed by atoms with Crippen LogP contribution in [0.5, 0.6) is 0 Å². The van der Waals surface area contributed by atoms with Gasteiger partial charge in [0.25, 0.3) is 11.6 Å². The predicted octanol–water partition coefficient (Wildman–Crippen LogP) is 4.51. The van der Waals surface area contributed by atoms with Gasteiger partial charge in [-0.15, -0.1) is 11.8 Å². The highest BCUT2D eigenvalue weighted by atomic mass is 79.9. The first kappa shape index (κ1) is 17.4. The Kier molecular flexibility index (Phi) is 6.12. The number of nitro benzene ring substituents is 1. The van der Waals surface area contributed by atoms with Crippen LogP contribution in [0.25, 0.3) is 0 Å². The van der Waals surface area contributed by atoms with Gasteiger partial charge in [0.1, 0.15) is 5.69 Å². The summed E-state index contributed by atoms with van der Waals surface area (Å²) in [5.74, 6) is 0.459. The molecule has 0 aliphatic rings. The van der Waals surface area contributed by atoms with Gasteiger partial charge in [-0.2, -0.15) is 0 Å². The fourth-order valence-corrected chi connectivity index (χ4v) is 2.98. The van der Waals surface area contributed by atoms with Gasteiger partial charge in [-0.25, -0.2) is 0 Å². The van der Waals surface area contributed by atoms with Gasteiger partial charge in [0.2, 0.25) is 0 Å². The number of aromatic nitrogens is 1. The van der Waals surface area contributed by atoms with E-state index < -0.39 is 10.8 Å². The second-order valence-corrected chi connectivity index (χ2v) is 6.71. The number of amides is 1. The summed E-state index contributed by atoms with van der Waals surface area (Å²) >= 11 is 4.83. The van der Waals surface area contributed by atoms with Gasteiger partial charge in [-0.05, 0) is 46.3 Å². The van der Waals surface area contributed by atoms with Crippen molar-refractivity contribution in [1.82, 2.24) is 4.98 Å². The third kappa shape index (κ3) is 4.77. The summed E-state index contributed by atoms with van der Waals surface area (Å²) in [6.45, 7) is 2.06. The molecule has 1 N–H and O–H groups in total. The van der Waals surface area contributed by atoms with Crippen molar-refractivity contribution < 1.29 is 9.72 Å². The average Bonchev–Trinajstić information content (AvgIpc) is 2.52. The van der Waals surface area contributed by atoms with Crippen molar-refractivity contribution in [2.75, 3.05) is 11.1 Å². The second kappa shape index (κ2) is 8.07. The molecule has 0 aliphatic heterocycles.